The molecule has 102 valence electrons. The van der Waals surface area contributed by atoms with Crippen molar-refractivity contribution in [3.63, 3.8) is 0 Å². The van der Waals surface area contributed by atoms with Gasteiger partial charge < -0.3 is 0 Å². The molecule has 0 aromatic heterocycles. The Morgan fingerprint density at radius 1 is 1.44 bits per heavy atom. The largest absolute Gasteiger partial charge is 0.240 e. The van der Waals surface area contributed by atoms with Crippen LogP contribution in [0.15, 0.2) is 23.1 Å². The van der Waals surface area contributed by atoms with Gasteiger partial charge in [0.1, 0.15) is 5.82 Å². The molecule has 1 atom stereocenters. The van der Waals surface area contributed by atoms with E-state index in [1.165, 1.54) is 12.1 Å². The van der Waals surface area contributed by atoms with Gasteiger partial charge in [-0.1, -0.05) is 19.4 Å². The third-order valence-corrected chi connectivity index (χ3v) is 4.47. The normalized spacial score (nSPS) is 13.6. The van der Waals surface area contributed by atoms with E-state index in [0.717, 1.165) is 18.9 Å². The van der Waals surface area contributed by atoms with Crippen LogP contribution < -0.4 is 4.72 Å². The maximum absolute atomic E-state index is 13.1. The lowest BCUT2D eigenvalue weighted by Gasteiger charge is -2.12. The summed E-state index contributed by atoms with van der Waals surface area (Å²) >= 11 is 5.94. The minimum Gasteiger partial charge on any atom is -0.210 e. The van der Waals surface area contributed by atoms with Gasteiger partial charge in [0.25, 0.3) is 0 Å². The molecule has 0 fully saturated rings. The first-order valence-corrected chi connectivity index (χ1v) is 7.68. The summed E-state index contributed by atoms with van der Waals surface area (Å²) in [6.45, 7) is 3.74. The van der Waals surface area contributed by atoms with Gasteiger partial charge >= 0.3 is 0 Å². The highest BCUT2D eigenvalue weighted by Crippen LogP contribution is 2.16. The van der Waals surface area contributed by atoms with Crippen molar-refractivity contribution in [1.29, 1.82) is 0 Å². The maximum Gasteiger partial charge on any atom is 0.240 e. The molecule has 0 aliphatic carbocycles. The standard InChI is InChI=1S/C12H17ClFNO2S/c1-3-4-10(13)8-15-18(16,17)12-7-11(14)6-5-9(12)2/h5-7,10,15H,3-4,8H2,1-2H3. The number of aryl methyl sites for hydroxylation is 1. The highest BCUT2D eigenvalue weighted by atomic mass is 35.5. The third kappa shape index (κ3) is 4.23. The van der Waals surface area contributed by atoms with Crippen LogP contribution in [0.5, 0.6) is 0 Å². The number of halogens is 2. The molecule has 0 saturated carbocycles. The van der Waals surface area contributed by atoms with E-state index in [-0.39, 0.29) is 16.8 Å². The second-order valence-corrected chi connectivity index (χ2v) is 6.50. The molecule has 0 saturated heterocycles. The molecule has 0 heterocycles. The monoisotopic (exact) mass is 293 g/mol. The molecule has 1 rings (SSSR count). The molecule has 0 amide bonds. The molecule has 0 radical (unpaired) electrons. The topological polar surface area (TPSA) is 46.2 Å². The molecule has 0 bridgehead atoms. The summed E-state index contributed by atoms with van der Waals surface area (Å²) in [6.07, 6.45) is 1.61. The van der Waals surface area contributed by atoms with E-state index in [4.69, 9.17) is 11.6 Å². The van der Waals surface area contributed by atoms with Gasteiger partial charge in [0.05, 0.1) is 4.90 Å². The first kappa shape index (κ1) is 15.4. The van der Waals surface area contributed by atoms with Crippen molar-refractivity contribution >= 4 is 21.6 Å². The van der Waals surface area contributed by atoms with Gasteiger partial charge in [0.2, 0.25) is 10.0 Å². The fourth-order valence-corrected chi connectivity index (χ4v) is 3.28. The van der Waals surface area contributed by atoms with Gasteiger partial charge in [-0.3, -0.25) is 0 Å². The first-order chi connectivity index (χ1) is 8.36. The predicted octanol–water partition coefficient (Wildman–Crippen LogP) is 2.82. The Hall–Kier alpha value is -0.650. The zero-order valence-electron chi connectivity index (χ0n) is 10.4. The third-order valence-electron chi connectivity index (χ3n) is 2.54. The number of hydrogen-bond acceptors (Lipinski definition) is 2. The van der Waals surface area contributed by atoms with Crippen LogP contribution in [0.25, 0.3) is 0 Å². The summed E-state index contributed by atoms with van der Waals surface area (Å²) in [6, 6.07) is 3.69. The van der Waals surface area contributed by atoms with Crippen LogP contribution in [0.4, 0.5) is 4.39 Å². The molecule has 1 aromatic rings. The molecule has 1 aromatic carbocycles. The fourth-order valence-electron chi connectivity index (χ4n) is 1.56. The Labute approximate surface area is 112 Å². The number of sulfonamides is 1. The van der Waals surface area contributed by atoms with Gasteiger partial charge in [0, 0.05) is 11.9 Å². The van der Waals surface area contributed by atoms with E-state index in [9.17, 15) is 12.8 Å². The van der Waals surface area contributed by atoms with Crippen LogP contribution in [-0.4, -0.2) is 20.3 Å². The van der Waals surface area contributed by atoms with E-state index >= 15 is 0 Å². The summed E-state index contributed by atoms with van der Waals surface area (Å²) < 4.78 is 39.4. The highest BCUT2D eigenvalue weighted by Gasteiger charge is 2.18. The lowest BCUT2D eigenvalue weighted by molar-refractivity contribution is 0.572. The SMILES string of the molecule is CCCC(Cl)CNS(=O)(=O)c1cc(F)ccc1C. The summed E-state index contributed by atoms with van der Waals surface area (Å²) in [5.41, 5.74) is 0.505. The number of benzene rings is 1. The summed E-state index contributed by atoms with van der Waals surface area (Å²) in [7, 11) is -3.70. The van der Waals surface area contributed by atoms with Gasteiger partial charge in [-0.25, -0.2) is 17.5 Å². The van der Waals surface area contributed by atoms with E-state index in [0.29, 0.717) is 5.56 Å². The van der Waals surface area contributed by atoms with Gasteiger partial charge in [0.15, 0.2) is 0 Å². The van der Waals surface area contributed by atoms with Crippen LogP contribution >= 0.6 is 11.6 Å². The Kier molecular flexibility index (Phi) is 5.56. The Balaban J connectivity index is 2.83. The minimum absolute atomic E-state index is 0.0390. The van der Waals surface area contributed by atoms with Crippen LogP contribution in [0.1, 0.15) is 25.3 Å². The van der Waals surface area contributed by atoms with Crippen molar-refractivity contribution in [1.82, 2.24) is 4.72 Å². The lowest BCUT2D eigenvalue weighted by atomic mass is 10.2. The van der Waals surface area contributed by atoms with E-state index in [2.05, 4.69) is 4.72 Å². The van der Waals surface area contributed by atoms with Crippen molar-refractivity contribution in [2.75, 3.05) is 6.54 Å². The molecule has 1 unspecified atom stereocenters. The predicted molar refractivity (Wildman–Crippen MR) is 70.9 cm³/mol. The molecular weight excluding hydrogens is 277 g/mol. The smallest absolute Gasteiger partial charge is 0.210 e. The number of alkyl halides is 1. The molecule has 0 aliphatic rings. The van der Waals surface area contributed by atoms with Gasteiger partial charge in [-0.05, 0) is 31.0 Å². The fraction of sp³-hybridized carbons (Fsp3) is 0.500. The van der Waals surface area contributed by atoms with Crippen molar-refractivity contribution in [2.24, 2.45) is 0 Å². The number of hydrogen-bond donors (Lipinski definition) is 1. The van der Waals surface area contributed by atoms with Crippen molar-refractivity contribution in [3.8, 4) is 0 Å². The summed E-state index contributed by atoms with van der Waals surface area (Å²) in [5, 5.41) is -0.251. The Morgan fingerprint density at radius 2 is 2.11 bits per heavy atom. The second-order valence-electron chi connectivity index (χ2n) is 4.15. The average Bonchev–Trinajstić information content (AvgIpc) is 2.30. The molecule has 3 nitrogen and oxygen atoms in total. The molecule has 6 heteroatoms. The molecule has 18 heavy (non-hydrogen) atoms. The van der Waals surface area contributed by atoms with Crippen LogP contribution in [0.2, 0.25) is 0 Å². The van der Waals surface area contributed by atoms with E-state index in [1.807, 2.05) is 6.92 Å². The molecular formula is C12H17ClFNO2S. The quantitative estimate of drug-likeness (QED) is 0.820. The minimum atomic E-state index is -3.70. The Morgan fingerprint density at radius 3 is 2.72 bits per heavy atom. The number of rotatable bonds is 6. The summed E-state index contributed by atoms with van der Waals surface area (Å²) in [4.78, 5) is -0.0390. The molecule has 0 spiro atoms. The van der Waals surface area contributed by atoms with Crippen LogP contribution in [-0.2, 0) is 10.0 Å². The van der Waals surface area contributed by atoms with Crippen LogP contribution in [0, 0.1) is 12.7 Å². The first-order valence-electron chi connectivity index (χ1n) is 5.76. The van der Waals surface area contributed by atoms with E-state index < -0.39 is 15.8 Å². The van der Waals surface area contributed by atoms with Crippen molar-refractivity contribution < 1.29 is 12.8 Å². The zero-order chi connectivity index (χ0) is 13.8. The van der Waals surface area contributed by atoms with E-state index in [1.54, 1.807) is 6.92 Å². The van der Waals surface area contributed by atoms with Gasteiger partial charge in [-0.15, -0.1) is 11.6 Å². The zero-order valence-corrected chi connectivity index (χ0v) is 12.0. The molecule has 1 N–H and O–H groups in total. The molecule has 0 aliphatic heterocycles. The van der Waals surface area contributed by atoms with Gasteiger partial charge in [-0.2, -0.15) is 0 Å². The summed E-state index contributed by atoms with van der Waals surface area (Å²) in [5.74, 6) is -0.572. The number of nitrogens with one attached hydrogen (secondary N) is 1. The highest BCUT2D eigenvalue weighted by molar-refractivity contribution is 7.89. The maximum atomic E-state index is 13.1. The Bertz CT molecular complexity index is 505. The van der Waals surface area contributed by atoms with Crippen molar-refractivity contribution in [2.45, 2.75) is 37.0 Å². The lowest BCUT2D eigenvalue weighted by Crippen LogP contribution is -2.30. The second kappa shape index (κ2) is 6.50. The average molecular weight is 294 g/mol. The van der Waals surface area contributed by atoms with Crippen LogP contribution in [0.3, 0.4) is 0 Å². The van der Waals surface area contributed by atoms with Crippen molar-refractivity contribution in [3.05, 3.63) is 29.6 Å².